The monoisotopic (exact) mass is 365 g/mol. The molecular formula is C17H20ClN3O2S. The van der Waals surface area contributed by atoms with E-state index in [4.69, 9.17) is 11.6 Å². The third-order valence-electron chi connectivity index (χ3n) is 4.25. The zero-order valence-electron chi connectivity index (χ0n) is 13.5. The van der Waals surface area contributed by atoms with Gasteiger partial charge in [-0.15, -0.1) is 0 Å². The molecule has 0 N–H and O–H groups in total. The van der Waals surface area contributed by atoms with Crippen molar-refractivity contribution in [2.45, 2.75) is 30.2 Å². The van der Waals surface area contributed by atoms with E-state index in [0.29, 0.717) is 10.7 Å². The van der Waals surface area contributed by atoms with Crippen LogP contribution in [0.3, 0.4) is 0 Å². The average molecular weight is 366 g/mol. The molecule has 2 aromatic heterocycles. The van der Waals surface area contributed by atoms with E-state index in [9.17, 15) is 8.42 Å². The molecule has 1 aliphatic heterocycles. The molecule has 128 valence electrons. The van der Waals surface area contributed by atoms with Crippen LogP contribution in [0.15, 0.2) is 41.6 Å². The van der Waals surface area contributed by atoms with Gasteiger partial charge in [0.15, 0.2) is 9.84 Å². The van der Waals surface area contributed by atoms with Gasteiger partial charge >= 0.3 is 0 Å². The van der Waals surface area contributed by atoms with Crippen LogP contribution >= 0.6 is 11.6 Å². The molecule has 1 atom stereocenters. The molecule has 1 unspecified atom stereocenters. The van der Waals surface area contributed by atoms with Crippen LogP contribution in [0.5, 0.6) is 0 Å². The Morgan fingerprint density at radius 3 is 2.88 bits per heavy atom. The lowest BCUT2D eigenvalue weighted by Gasteiger charge is -2.32. The van der Waals surface area contributed by atoms with Crippen molar-refractivity contribution in [2.75, 3.05) is 19.3 Å². The standard InChI is InChI=1S/C17H20ClN3O2S/c1-24(22,23)16-9-14(18)10-20-17(16)13-5-4-8-21(11-13)12-15-6-2-3-7-19-15/h2-3,6-7,9-10,13H,4-5,8,11-12H2,1H3. The quantitative estimate of drug-likeness (QED) is 0.833. The average Bonchev–Trinajstić information content (AvgIpc) is 2.55. The third-order valence-corrected chi connectivity index (χ3v) is 5.58. The predicted octanol–water partition coefficient (Wildman–Crippen LogP) is 2.91. The lowest BCUT2D eigenvalue weighted by atomic mass is 9.94. The number of hydrogen-bond acceptors (Lipinski definition) is 5. The number of pyridine rings is 2. The Labute approximate surface area is 147 Å². The Kier molecular flexibility index (Phi) is 5.18. The fourth-order valence-electron chi connectivity index (χ4n) is 3.18. The highest BCUT2D eigenvalue weighted by Gasteiger charge is 2.27. The highest BCUT2D eigenvalue weighted by atomic mass is 35.5. The number of halogens is 1. The molecule has 0 amide bonds. The SMILES string of the molecule is CS(=O)(=O)c1cc(Cl)cnc1C1CCCN(Cc2ccccn2)C1. The summed E-state index contributed by atoms with van der Waals surface area (Å²) in [6.07, 6.45) is 6.46. The second-order valence-corrected chi connectivity index (χ2v) is 8.63. The maximum absolute atomic E-state index is 12.1. The second kappa shape index (κ2) is 7.17. The summed E-state index contributed by atoms with van der Waals surface area (Å²) in [5, 5.41) is 0.348. The number of aromatic nitrogens is 2. The number of sulfone groups is 1. The van der Waals surface area contributed by atoms with Crippen LogP contribution in [0, 0.1) is 0 Å². The number of piperidine rings is 1. The maximum atomic E-state index is 12.1. The molecule has 0 spiro atoms. The first-order valence-corrected chi connectivity index (χ1v) is 10.2. The molecule has 1 aliphatic rings. The molecule has 0 bridgehead atoms. The van der Waals surface area contributed by atoms with Gasteiger partial charge in [-0.1, -0.05) is 17.7 Å². The summed E-state index contributed by atoms with van der Waals surface area (Å²) >= 11 is 5.95. The number of hydrogen-bond donors (Lipinski definition) is 0. The summed E-state index contributed by atoms with van der Waals surface area (Å²) in [5.41, 5.74) is 1.65. The van der Waals surface area contributed by atoms with Gasteiger partial charge in [-0.3, -0.25) is 14.9 Å². The minimum atomic E-state index is -3.36. The van der Waals surface area contributed by atoms with Crippen LogP contribution in [0.1, 0.15) is 30.1 Å². The summed E-state index contributed by atoms with van der Waals surface area (Å²) in [6, 6.07) is 7.40. The van der Waals surface area contributed by atoms with E-state index in [2.05, 4.69) is 14.9 Å². The van der Waals surface area contributed by atoms with Gasteiger partial charge in [-0.25, -0.2) is 8.42 Å². The van der Waals surface area contributed by atoms with Gasteiger partial charge < -0.3 is 0 Å². The molecule has 3 heterocycles. The van der Waals surface area contributed by atoms with Gasteiger partial charge in [0.05, 0.1) is 21.3 Å². The Bertz CT molecular complexity index is 812. The van der Waals surface area contributed by atoms with Gasteiger partial charge in [-0.05, 0) is 37.6 Å². The lowest BCUT2D eigenvalue weighted by Crippen LogP contribution is -2.35. The largest absolute Gasteiger partial charge is 0.297 e. The third kappa shape index (κ3) is 4.12. The van der Waals surface area contributed by atoms with Crippen molar-refractivity contribution >= 4 is 21.4 Å². The van der Waals surface area contributed by atoms with Gasteiger partial charge in [0.2, 0.25) is 0 Å². The zero-order valence-corrected chi connectivity index (χ0v) is 15.1. The first kappa shape index (κ1) is 17.3. The molecule has 0 aliphatic carbocycles. The lowest BCUT2D eigenvalue weighted by molar-refractivity contribution is 0.195. The molecule has 2 aromatic rings. The van der Waals surface area contributed by atoms with Gasteiger partial charge in [-0.2, -0.15) is 0 Å². The van der Waals surface area contributed by atoms with E-state index in [1.165, 1.54) is 18.5 Å². The van der Waals surface area contributed by atoms with Crippen molar-refractivity contribution < 1.29 is 8.42 Å². The van der Waals surface area contributed by atoms with Crippen molar-refractivity contribution in [3.63, 3.8) is 0 Å². The van der Waals surface area contributed by atoms with E-state index < -0.39 is 9.84 Å². The Hall–Kier alpha value is -1.50. The number of likely N-dealkylation sites (tertiary alicyclic amines) is 1. The van der Waals surface area contributed by atoms with Crippen LogP contribution in [0.25, 0.3) is 0 Å². The van der Waals surface area contributed by atoms with Crippen molar-refractivity contribution in [1.29, 1.82) is 0 Å². The van der Waals surface area contributed by atoms with E-state index in [-0.39, 0.29) is 10.8 Å². The van der Waals surface area contributed by atoms with E-state index in [1.54, 1.807) is 6.20 Å². The molecule has 0 aromatic carbocycles. The summed E-state index contributed by atoms with van der Waals surface area (Å²) < 4.78 is 24.2. The second-order valence-electron chi connectivity index (χ2n) is 6.20. The van der Waals surface area contributed by atoms with Crippen LogP contribution in [-0.4, -0.2) is 42.6 Å². The van der Waals surface area contributed by atoms with Crippen LogP contribution in [-0.2, 0) is 16.4 Å². The van der Waals surface area contributed by atoms with Crippen LogP contribution < -0.4 is 0 Å². The molecule has 3 rings (SSSR count). The topological polar surface area (TPSA) is 63.2 Å². The fraction of sp³-hybridized carbons (Fsp3) is 0.412. The van der Waals surface area contributed by atoms with Gasteiger partial charge in [0, 0.05) is 37.7 Å². The highest BCUT2D eigenvalue weighted by molar-refractivity contribution is 7.90. The molecule has 0 saturated carbocycles. The molecule has 0 radical (unpaired) electrons. The summed E-state index contributed by atoms with van der Waals surface area (Å²) in [5.74, 6) is 0.0875. The first-order valence-electron chi connectivity index (χ1n) is 7.91. The van der Waals surface area contributed by atoms with E-state index in [1.807, 2.05) is 18.2 Å². The smallest absolute Gasteiger partial charge is 0.177 e. The molecule has 1 saturated heterocycles. The fourth-order valence-corrected chi connectivity index (χ4v) is 4.34. The number of nitrogens with zero attached hydrogens (tertiary/aromatic N) is 3. The van der Waals surface area contributed by atoms with Crippen LogP contribution in [0.2, 0.25) is 5.02 Å². The highest BCUT2D eigenvalue weighted by Crippen LogP contribution is 2.31. The zero-order chi connectivity index (χ0) is 17.2. The minimum Gasteiger partial charge on any atom is -0.297 e. The van der Waals surface area contributed by atoms with Crippen molar-refractivity contribution in [1.82, 2.24) is 14.9 Å². The maximum Gasteiger partial charge on any atom is 0.177 e. The van der Waals surface area contributed by atoms with E-state index in [0.717, 1.165) is 38.2 Å². The van der Waals surface area contributed by atoms with Crippen molar-refractivity contribution in [3.05, 3.63) is 53.1 Å². The molecule has 5 nitrogen and oxygen atoms in total. The summed E-state index contributed by atoms with van der Waals surface area (Å²) in [4.78, 5) is 11.3. The Morgan fingerprint density at radius 1 is 1.33 bits per heavy atom. The normalized spacial score (nSPS) is 19.3. The van der Waals surface area contributed by atoms with Gasteiger partial charge in [0.1, 0.15) is 0 Å². The molecule has 24 heavy (non-hydrogen) atoms. The molecule has 7 heteroatoms. The molecular weight excluding hydrogens is 346 g/mol. The molecule has 1 fully saturated rings. The van der Waals surface area contributed by atoms with Crippen molar-refractivity contribution in [2.24, 2.45) is 0 Å². The Morgan fingerprint density at radius 2 is 2.17 bits per heavy atom. The summed E-state index contributed by atoms with van der Waals surface area (Å²) in [7, 11) is -3.36. The van der Waals surface area contributed by atoms with Crippen LogP contribution in [0.4, 0.5) is 0 Å². The summed E-state index contributed by atoms with van der Waals surface area (Å²) in [6.45, 7) is 2.52. The first-order chi connectivity index (χ1) is 11.4. The number of rotatable bonds is 4. The Balaban J connectivity index is 1.83. The minimum absolute atomic E-state index is 0.0875. The van der Waals surface area contributed by atoms with E-state index >= 15 is 0 Å². The van der Waals surface area contributed by atoms with Gasteiger partial charge in [0.25, 0.3) is 0 Å². The van der Waals surface area contributed by atoms with Crippen molar-refractivity contribution in [3.8, 4) is 0 Å². The predicted molar refractivity (Wildman–Crippen MR) is 93.8 cm³/mol.